The zero-order chi connectivity index (χ0) is 12.3. The number of piperazine rings is 1. The zero-order valence-corrected chi connectivity index (χ0v) is 11.1. The first-order chi connectivity index (χ1) is 7.36. The molecule has 16 heavy (non-hydrogen) atoms. The molecule has 0 aromatic rings. The van der Waals surface area contributed by atoms with Gasteiger partial charge in [0.15, 0.2) is 0 Å². The number of rotatable bonds is 2. The molecule has 1 fully saturated rings. The quantitative estimate of drug-likeness (QED) is 0.659. The molecule has 1 rings (SSSR count). The summed E-state index contributed by atoms with van der Waals surface area (Å²) in [5.74, 6) is -0.0982. The van der Waals surface area contributed by atoms with Gasteiger partial charge in [-0.05, 0) is 34.7 Å². The fourth-order valence-electron chi connectivity index (χ4n) is 1.98. The maximum atomic E-state index is 11.8. The minimum absolute atomic E-state index is 0.0982. The fraction of sp³-hybridized carbons (Fsp3) is 0.917. The summed E-state index contributed by atoms with van der Waals surface area (Å²) in [5.41, 5.74) is 0.117. The number of esters is 1. The third-order valence-corrected chi connectivity index (χ3v) is 3.16. The van der Waals surface area contributed by atoms with E-state index in [-0.39, 0.29) is 17.6 Å². The molecule has 0 saturated carbocycles. The fourth-order valence-corrected chi connectivity index (χ4v) is 1.98. The van der Waals surface area contributed by atoms with Gasteiger partial charge in [-0.2, -0.15) is 0 Å². The molecule has 4 nitrogen and oxygen atoms in total. The van der Waals surface area contributed by atoms with Crippen LogP contribution in [0.2, 0.25) is 0 Å². The first kappa shape index (κ1) is 13.5. The first-order valence-corrected chi connectivity index (χ1v) is 5.98. The third-order valence-electron chi connectivity index (χ3n) is 3.16. The second-order valence-corrected chi connectivity index (χ2v) is 5.37. The highest BCUT2D eigenvalue weighted by molar-refractivity contribution is 5.76. The molecule has 0 N–H and O–H groups in total. The van der Waals surface area contributed by atoms with Gasteiger partial charge in [0.05, 0.1) is 6.61 Å². The number of hydrogen-bond donors (Lipinski definition) is 0. The molecule has 0 aromatic heterocycles. The topological polar surface area (TPSA) is 32.8 Å². The predicted molar refractivity (Wildman–Crippen MR) is 64.4 cm³/mol. The summed E-state index contributed by atoms with van der Waals surface area (Å²) in [6.07, 6.45) is 0. The van der Waals surface area contributed by atoms with Gasteiger partial charge in [-0.15, -0.1) is 0 Å². The third kappa shape index (κ3) is 3.19. The summed E-state index contributed by atoms with van der Waals surface area (Å²) < 4.78 is 5.11. The summed E-state index contributed by atoms with van der Waals surface area (Å²) in [4.78, 5) is 16.2. The van der Waals surface area contributed by atoms with Gasteiger partial charge in [-0.1, -0.05) is 0 Å². The summed E-state index contributed by atoms with van der Waals surface area (Å²) in [6, 6.07) is -0.118. The van der Waals surface area contributed by atoms with Gasteiger partial charge in [-0.3, -0.25) is 14.6 Å². The monoisotopic (exact) mass is 228 g/mol. The van der Waals surface area contributed by atoms with Crippen LogP contribution in [0.15, 0.2) is 0 Å². The Bertz CT molecular complexity index is 248. The van der Waals surface area contributed by atoms with Crippen LogP contribution in [-0.2, 0) is 9.53 Å². The van der Waals surface area contributed by atoms with Crippen molar-refractivity contribution >= 4 is 5.97 Å². The lowest BCUT2D eigenvalue weighted by molar-refractivity contribution is -0.152. The molecule has 0 aliphatic carbocycles. The Kier molecular flexibility index (Phi) is 4.33. The molecule has 0 spiro atoms. The van der Waals surface area contributed by atoms with Crippen molar-refractivity contribution in [2.24, 2.45) is 0 Å². The van der Waals surface area contributed by atoms with E-state index in [1.165, 1.54) is 0 Å². The molecule has 0 radical (unpaired) electrons. The molecule has 4 heteroatoms. The SMILES string of the molecule is CCOC(=O)C1CN(C(C)(C)C)CCN1C. The van der Waals surface area contributed by atoms with Gasteiger partial charge in [-0.25, -0.2) is 0 Å². The minimum atomic E-state index is -0.118. The average molecular weight is 228 g/mol. The Morgan fingerprint density at radius 1 is 1.38 bits per heavy atom. The lowest BCUT2D eigenvalue weighted by Gasteiger charge is -2.44. The Morgan fingerprint density at radius 3 is 2.50 bits per heavy atom. The molecule has 0 aromatic carbocycles. The Balaban J connectivity index is 2.65. The number of nitrogens with zero attached hydrogens (tertiary/aromatic N) is 2. The van der Waals surface area contributed by atoms with Crippen molar-refractivity contribution in [2.75, 3.05) is 33.3 Å². The largest absolute Gasteiger partial charge is 0.465 e. The van der Waals surface area contributed by atoms with Gasteiger partial charge < -0.3 is 4.74 Å². The number of ether oxygens (including phenoxy) is 1. The Hall–Kier alpha value is -0.610. The van der Waals surface area contributed by atoms with E-state index in [0.717, 1.165) is 19.6 Å². The number of likely N-dealkylation sites (N-methyl/N-ethyl adjacent to an activating group) is 1. The van der Waals surface area contributed by atoms with Gasteiger partial charge in [0.2, 0.25) is 0 Å². The summed E-state index contributed by atoms with van der Waals surface area (Å²) in [6.45, 7) is 11.5. The van der Waals surface area contributed by atoms with Crippen molar-refractivity contribution in [3.8, 4) is 0 Å². The van der Waals surface area contributed by atoms with Crippen molar-refractivity contribution in [3.63, 3.8) is 0 Å². The molecule has 1 unspecified atom stereocenters. The van der Waals surface area contributed by atoms with Crippen molar-refractivity contribution in [1.29, 1.82) is 0 Å². The highest BCUT2D eigenvalue weighted by Crippen LogP contribution is 2.19. The van der Waals surface area contributed by atoms with E-state index < -0.39 is 0 Å². The highest BCUT2D eigenvalue weighted by Gasteiger charge is 2.35. The van der Waals surface area contributed by atoms with Gasteiger partial charge in [0, 0.05) is 25.2 Å². The van der Waals surface area contributed by atoms with Crippen LogP contribution in [0, 0.1) is 0 Å². The number of hydrogen-bond acceptors (Lipinski definition) is 4. The van der Waals surface area contributed by atoms with Crippen LogP contribution in [0.4, 0.5) is 0 Å². The van der Waals surface area contributed by atoms with Crippen LogP contribution in [0.3, 0.4) is 0 Å². The van der Waals surface area contributed by atoms with Crippen LogP contribution in [0.25, 0.3) is 0 Å². The zero-order valence-electron chi connectivity index (χ0n) is 11.1. The lowest BCUT2D eigenvalue weighted by Crippen LogP contribution is -2.59. The first-order valence-electron chi connectivity index (χ1n) is 5.98. The van der Waals surface area contributed by atoms with Crippen LogP contribution in [0.5, 0.6) is 0 Å². The maximum absolute atomic E-state index is 11.8. The molecule has 1 heterocycles. The van der Waals surface area contributed by atoms with E-state index >= 15 is 0 Å². The van der Waals surface area contributed by atoms with Crippen LogP contribution in [0.1, 0.15) is 27.7 Å². The number of carbonyl (C=O) groups excluding carboxylic acids is 1. The van der Waals surface area contributed by atoms with E-state index in [1.54, 1.807) is 0 Å². The van der Waals surface area contributed by atoms with Crippen molar-refractivity contribution in [2.45, 2.75) is 39.3 Å². The minimum Gasteiger partial charge on any atom is -0.465 e. The number of carbonyl (C=O) groups is 1. The van der Waals surface area contributed by atoms with E-state index in [9.17, 15) is 4.79 Å². The predicted octanol–water partition coefficient (Wildman–Crippen LogP) is 0.964. The molecule has 0 amide bonds. The van der Waals surface area contributed by atoms with Crippen molar-refractivity contribution in [3.05, 3.63) is 0 Å². The van der Waals surface area contributed by atoms with Gasteiger partial charge >= 0.3 is 5.97 Å². The van der Waals surface area contributed by atoms with Crippen LogP contribution >= 0.6 is 0 Å². The summed E-state index contributed by atoms with van der Waals surface area (Å²) in [5, 5.41) is 0. The standard InChI is InChI=1S/C12H24N2O2/c1-6-16-11(15)10-9-14(12(2,3)4)8-7-13(10)5/h10H,6-9H2,1-5H3. The molecule has 0 bridgehead atoms. The van der Waals surface area contributed by atoms with Crippen molar-refractivity contribution in [1.82, 2.24) is 9.80 Å². The van der Waals surface area contributed by atoms with Crippen LogP contribution < -0.4 is 0 Å². The van der Waals surface area contributed by atoms with Crippen LogP contribution in [-0.4, -0.2) is 60.6 Å². The molecule has 1 aliphatic rings. The Labute approximate surface area is 98.5 Å². The summed E-state index contributed by atoms with van der Waals surface area (Å²) in [7, 11) is 1.99. The summed E-state index contributed by atoms with van der Waals surface area (Å²) >= 11 is 0. The Morgan fingerprint density at radius 2 is 2.00 bits per heavy atom. The smallest absolute Gasteiger partial charge is 0.324 e. The molecule has 1 atom stereocenters. The van der Waals surface area contributed by atoms with Gasteiger partial charge in [0.1, 0.15) is 6.04 Å². The highest BCUT2D eigenvalue weighted by atomic mass is 16.5. The van der Waals surface area contributed by atoms with Gasteiger partial charge in [0.25, 0.3) is 0 Å². The molecular formula is C12H24N2O2. The normalized spacial score (nSPS) is 24.4. The lowest BCUT2D eigenvalue weighted by atomic mass is 10.0. The van der Waals surface area contributed by atoms with Crippen molar-refractivity contribution < 1.29 is 9.53 Å². The molecular weight excluding hydrogens is 204 g/mol. The second kappa shape index (κ2) is 5.15. The molecule has 94 valence electrons. The second-order valence-electron chi connectivity index (χ2n) is 5.37. The average Bonchev–Trinajstić information content (AvgIpc) is 2.16. The van der Waals surface area contributed by atoms with E-state index in [1.807, 2.05) is 14.0 Å². The molecule has 1 saturated heterocycles. The van der Waals surface area contributed by atoms with E-state index in [4.69, 9.17) is 4.74 Å². The molecule has 1 aliphatic heterocycles. The van der Waals surface area contributed by atoms with E-state index in [0.29, 0.717) is 6.61 Å². The van der Waals surface area contributed by atoms with E-state index in [2.05, 4.69) is 30.6 Å². The maximum Gasteiger partial charge on any atom is 0.324 e.